The molecule has 64 heavy (non-hydrogen) atoms. The number of nitrogens with one attached hydrogen (secondary N) is 2. The van der Waals surface area contributed by atoms with Gasteiger partial charge in [0, 0.05) is 35.6 Å². The number of allylic oxidation sites excluding steroid dienone is 1. The summed E-state index contributed by atoms with van der Waals surface area (Å²) in [6.45, 7) is 1.66. The average Bonchev–Trinajstić information content (AvgIpc) is 3.83. The van der Waals surface area contributed by atoms with Gasteiger partial charge < -0.3 is 76.1 Å². The van der Waals surface area contributed by atoms with Crippen LogP contribution in [0, 0.1) is 5.92 Å². The van der Waals surface area contributed by atoms with E-state index >= 15 is 0 Å². The van der Waals surface area contributed by atoms with Crippen LogP contribution in [0.3, 0.4) is 0 Å². The molecule has 4 aromatic rings. The first-order valence-corrected chi connectivity index (χ1v) is 20.4. The second-order valence-electron chi connectivity index (χ2n) is 16.0. The lowest BCUT2D eigenvalue weighted by Gasteiger charge is -2.37. The number of amides is 3. The molecule has 2 saturated heterocycles. The zero-order chi connectivity index (χ0) is 46.0. The van der Waals surface area contributed by atoms with E-state index in [0.717, 1.165) is 5.56 Å². The van der Waals surface area contributed by atoms with E-state index in [-0.39, 0.29) is 41.7 Å². The summed E-state index contributed by atoms with van der Waals surface area (Å²) in [7, 11) is 0. The smallest absolute Gasteiger partial charge is 0.264 e. The molecule has 0 spiro atoms. The standard InChI is InChI=1S/C43H50N6O15/c1-21(8-5-6-15-48-19-28(46-47-48)26(20-50)23-10-3-2-4-11-23)43(62)27-17-25(45-39(58)37-33(54)31(52)35(56)41(60)64-37)13-14-29(27)49(42(43)61)18-22-9-7-12-24(16-22)44-38(57)36-32(53)30(51)34(55)40(59)63-36/h2-5,7-14,16-17,19,21,26,30-37,40-41,50-56,59-60,62H,6,15,18,20H2,1H3,(H,44,57)(H,45,58)/b8-5+/t21-,26?,30+,31+,32+,33+,34-,35-,36+,37+,40-,41-,43+/m1/s1. The van der Waals surface area contributed by atoms with Crippen LogP contribution in [0.5, 0.6) is 0 Å². The fourth-order valence-electron chi connectivity index (χ4n) is 7.98. The molecule has 7 rings (SSSR count). The third-order valence-corrected chi connectivity index (χ3v) is 11.7. The highest BCUT2D eigenvalue weighted by Gasteiger charge is 2.53. The van der Waals surface area contributed by atoms with Gasteiger partial charge in [-0.1, -0.05) is 66.8 Å². The Kier molecular flexibility index (Phi) is 14.0. The highest BCUT2D eigenvalue weighted by atomic mass is 16.6. The number of anilines is 3. The van der Waals surface area contributed by atoms with Gasteiger partial charge in [-0.05, 0) is 47.9 Å². The zero-order valence-corrected chi connectivity index (χ0v) is 34.2. The number of fused-ring (bicyclic) bond motifs is 1. The maximum Gasteiger partial charge on any atom is 0.264 e. The molecular weight excluding hydrogens is 840 g/mol. The van der Waals surface area contributed by atoms with E-state index in [1.165, 1.54) is 35.2 Å². The summed E-state index contributed by atoms with van der Waals surface area (Å²) in [6.07, 6.45) is -13.2. The van der Waals surface area contributed by atoms with E-state index in [1.807, 2.05) is 30.3 Å². The van der Waals surface area contributed by atoms with Crippen molar-refractivity contribution in [3.8, 4) is 0 Å². The molecule has 21 nitrogen and oxygen atoms in total. The molecule has 4 heterocycles. The molecule has 342 valence electrons. The van der Waals surface area contributed by atoms with Gasteiger partial charge in [0.2, 0.25) is 0 Å². The van der Waals surface area contributed by atoms with Gasteiger partial charge in [0.15, 0.2) is 30.4 Å². The minimum Gasteiger partial charge on any atom is -0.395 e. The maximum atomic E-state index is 14.5. The fourth-order valence-corrected chi connectivity index (χ4v) is 7.98. The molecule has 2 fully saturated rings. The summed E-state index contributed by atoms with van der Waals surface area (Å²) < 4.78 is 11.7. The van der Waals surface area contributed by atoms with Crippen LogP contribution in [-0.4, -0.2) is 152 Å². The number of benzene rings is 3. The normalized spacial score (nSPS) is 30.2. The van der Waals surface area contributed by atoms with Gasteiger partial charge in [0.25, 0.3) is 17.7 Å². The summed E-state index contributed by atoms with van der Waals surface area (Å²) in [5, 5.41) is 117. The molecule has 3 aliphatic rings. The quantitative estimate of drug-likeness (QED) is 0.0603. The largest absolute Gasteiger partial charge is 0.395 e. The van der Waals surface area contributed by atoms with Crippen LogP contribution in [0.4, 0.5) is 17.1 Å². The fraction of sp³-hybridized carbons (Fsp3) is 0.419. The predicted octanol–water partition coefficient (Wildman–Crippen LogP) is -2.10. The van der Waals surface area contributed by atoms with Crippen molar-refractivity contribution in [2.45, 2.75) is 99.4 Å². The van der Waals surface area contributed by atoms with E-state index < -0.39 is 90.7 Å². The van der Waals surface area contributed by atoms with Crippen LogP contribution in [-0.2, 0) is 42.5 Å². The number of rotatable bonds is 14. The number of ether oxygens (including phenoxy) is 2. The molecule has 3 aliphatic heterocycles. The van der Waals surface area contributed by atoms with Crippen LogP contribution in [0.2, 0.25) is 0 Å². The first kappa shape index (κ1) is 46.5. The Bertz CT molecular complexity index is 2330. The molecule has 0 bridgehead atoms. The van der Waals surface area contributed by atoms with Crippen molar-refractivity contribution < 1.29 is 74.9 Å². The lowest BCUT2D eigenvalue weighted by Crippen LogP contribution is -2.60. The van der Waals surface area contributed by atoms with Crippen molar-refractivity contribution in [3.05, 3.63) is 114 Å². The molecule has 0 saturated carbocycles. The third-order valence-electron chi connectivity index (χ3n) is 11.7. The van der Waals surface area contributed by atoms with Gasteiger partial charge in [-0.15, -0.1) is 5.10 Å². The summed E-state index contributed by atoms with van der Waals surface area (Å²) in [5.74, 6) is -3.97. The minimum absolute atomic E-state index is 0.0390. The highest BCUT2D eigenvalue weighted by Crippen LogP contribution is 2.47. The van der Waals surface area contributed by atoms with Gasteiger partial charge in [-0.25, -0.2) is 0 Å². The van der Waals surface area contributed by atoms with Crippen LogP contribution < -0.4 is 15.5 Å². The van der Waals surface area contributed by atoms with Gasteiger partial charge in [-0.2, -0.15) is 0 Å². The Hall–Kier alpha value is -5.53. The number of aliphatic hydroxyl groups excluding tert-OH is 9. The summed E-state index contributed by atoms with van der Waals surface area (Å²) in [4.78, 5) is 42.1. The molecule has 0 radical (unpaired) electrons. The number of carbonyl (C=O) groups is 3. The number of aryl methyl sites for hydroxylation is 1. The van der Waals surface area contributed by atoms with E-state index in [4.69, 9.17) is 9.47 Å². The topological polar surface area (TPSA) is 330 Å². The Balaban J connectivity index is 1.11. The van der Waals surface area contributed by atoms with E-state index in [9.17, 15) is 65.4 Å². The van der Waals surface area contributed by atoms with Crippen molar-refractivity contribution in [1.82, 2.24) is 15.0 Å². The predicted molar refractivity (Wildman–Crippen MR) is 221 cm³/mol. The Morgan fingerprint density at radius 2 is 1.41 bits per heavy atom. The first-order valence-electron chi connectivity index (χ1n) is 20.4. The zero-order valence-electron chi connectivity index (χ0n) is 34.2. The number of nitrogens with zero attached hydrogens (tertiary/aromatic N) is 4. The summed E-state index contributed by atoms with van der Waals surface area (Å²) in [6, 6.07) is 19.8. The summed E-state index contributed by atoms with van der Waals surface area (Å²) >= 11 is 0. The average molecular weight is 891 g/mol. The molecule has 3 aromatic carbocycles. The van der Waals surface area contributed by atoms with Crippen molar-refractivity contribution in [2.75, 3.05) is 22.1 Å². The Labute approximate surface area is 365 Å². The van der Waals surface area contributed by atoms with Crippen LogP contribution >= 0.6 is 0 Å². The summed E-state index contributed by atoms with van der Waals surface area (Å²) in [5.41, 5.74) is 0.214. The second kappa shape index (κ2) is 19.3. The number of aromatic nitrogens is 3. The molecule has 21 heteroatoms. The van der Waals surface area contributed by atoms with Crippen LogP contribution in [0.25, 0.3) is 0 Å². The van der Waals surface area contributed by atoms with Crippen LogP contribution in [0.15, 0.2) is 91.1 Å². The van der Waals surface area contributed by atoms with Crippen molar-refractivity contribution in [2.24, 2.45) is 5.92 Å². The van der Waals surface area contributed by atoms with E-state index in [0.29, 0.717) is 24.2 Å². The van der Waals surface area contributed by atoms with Gasteiger partial charge in [0.1, 0.15) is 36.6 Å². The SMILES string of the molecule is C[C@H](/C=C/CCn1cc(C(CO)c2ccccc2)nn1)[C@@]1(O)C(=O)N(Cc2cccc(NC(=O)[C@H]3O[C@@H](O)[C@H](O)[C@@H](O)[C@@H]3O)c2)c2ccc(NC(=O)[C@H]3O[C@@H](O)[C@H](O)[C@@H](O)[C@@H]3O)cc21. The molecule has 3 amide bonds. The Morgan fingerprint density at radius 3 is 2.02 bits per heavy atom. The molecule has 12 N–H and O–H groups in total. The van der Waals surface area contributed by atoms with E-state index in [1.54, 1.807) is 42.1 Å². The van der Waals surface area contributed by atoms with Crippen molar-refractivity contribution in [1.29, 1.82) is 0 Å². The highest BCUT2D eigenvalue weighted by molar-refractivity contribution is 6.08. The number of carbonyl (C=O) groups excluding carboxylic acids is 3. The third kappa shape index (κ3) is 9.19. The molecule has 0 aliphatic carbocycles. The molecule has 1 unspecified atom stereocenters. The first-order chi connectivity index (χ1) is 30.5. The van der Waals surface area contributed by atoms with Crippen molar-refractivity contribution >= 4 is 34.8 Å². The monoisotopic (exact) mass is 890 g/mol. The lowest BCUT2D eigenvalue weighted by molar-refractivity contribution is -0.274. The minimum atomic E-state index is -2.24. The lowest BCUT2D eigenvalue weighted by atomic mass is 9.82. The number of hydrogen-bond donors (Lipinski definition) is 12. The second-order valence-corrected chi connectivity index (χ2v) is 16.0. The van der Waals surface area contributed by atoms with E-state index in [2.05, 4.69) is 20.9 Å². The van der Waals surface area contributed by atoms with Gasteiger partial charge >= 0.3 is 0 Å². The van der Waals surface area contributed by atoms with Crippen LogP contribution in [0.1, 0.15) is 41.6 Å². The van der Waals surface area contributed by atoms with Gasteiger partial charge in [-0.3, -0.25) is 19.1 Å². The maximum absolute atomic E-state index is 14.5. The molecular formula is C43H50N6O15. The number of aliphatic hydroxyl groups is 10. The van der Waals surface area contributed by atoms with Crippen molar-refractivity contribution in [3.63, 3.8) is 0 Å². The van der Waals surface area contributed by atoms with Gasteiger partial charge in [0.05, 0.1) is 30.5 Å². The number of hydrogen-bond acceptors (Lipinski definition) is 17. The molecule has 13 atom stereocenters. The Morgan fingerprint density at radius 1 is 0.797 bits per heavy atom. The molecule has 1 aromatic heterocycles.